The second-order valence-electron chi connectivity index (χ2n) is 14.1. The Labute approximate surface area is 374 Å². The quantitative estimate of drug-likeness (QED) is 0.0404. The van der Waals surface area contributed by atoms with Crippen molar-refractivity contribution >= 4 is 108 Å². The van der Waals surface area contributed by atoms with Crippen LogP contribution >= 0.6 is 0 Å². The molecule has 23 nitrogen and oxygen atoms in total. The summed E-state index contributed by atoms with van der Waals surface area (Å²) in [6, 6.07) is 21.2. The lowest BCUT2D eigenvalue weighted by Gasteiger charge is -2.11. The molecule has 0 unspecified atom stereocenters. The maximum absolute atomic E-state index is 12.2. The van der Waals surface area contributed by atoms with Gasteiger partial charge in [-0.3, -0.25) is 23.2 Å². The lowest BCUT2D eigenvalue weighted by Crippen LogP contribution is -2.19. The highest BCUT2D eigenvalue weighted by Gasteiger charge is 2.23. The number of aliphatic hydroxyl groups excluding tert-OH is 1. The molecular formula is C39H34N10O13S4. The summed E-state index contributed by atoms with van der Waals surface area (Å²) >= 11 is 0. The fraction of sp³-hybridized carbons (Fsp3) is 0.103. The molecule has 0 atom stereocenters. The number of aromatic amines is 1. The van der Waals surface area contributed by atoms with Crippen LogP contribution < -0.4 is 16.3 Å². The summed E-state index contributed by atoms with van der Waals surface area (Å²) in [4.78, 5) is 13.4. The number of anilines is 4. The topological polar surface area (TPSA) is 365 Å². The molecular weight excluding hydrogens is 945 g/mol. The van der Waals surface area contributed by atoms with Crippen LogP contribution in [0.1, 0.15) is 11.1 Å². The fourth-order valence-corrected chi connectivity index (χ4v) is 9.38. The van der Waals surface area contributed by atoms with Crippen molar-refractivity contribution in [1.82, 2.24) is 15.0 Å². The van der Waals surface area contributed by atoms with Crippen LogP contribution in [0.25, 0.3) is 21.5 Å². The standard InChI is InChI=1S/C39H34N10O13S4/c1-21-15-23(9-11-31(21)48-46-25-17-29-27(35(19-25)65(57,58)59)5-3-7-33(29)63(51,52)53)41-38-43-37(40-13-14-50)44-39(45-38)42-24-10-12-32(22(2)16-24)49-47-26-18-30-28(36(20-26)66(60,61)62)6-4-8-34(30)64(54,55)56/h3-12,15-20,50H,13-14H2,1-2H3,(H,51,52,53)(H,54,55,56)(H,57,58,59)(H,60,61,62)(H3,40,41,42,43,44,45). The van der Waals surface area contributed by atoms with Crippen LogP contribution in [0.3, 0.4) is 0 Å². The van der Waals surface area contributed by atoms with Crippen molar-refractivity contribution in [3.63, 3.8) is 0 Å². The van der Waals surface area contributed by atoms with Gasteiger partial charge in [0, 0.05) is 32.9 Å². The Hall–Kier alpha value is -6.95. The summed E-state index contributed by atoms with van der Waals surface area (Å²) in [6.45, 7) is 3.10. The highest BCUT2D eigenvalue weighted by molar-refractivity contribution is 7.87. The molecule has 7 aromatic rings. The van der Waals surface area contributed by atoms with Gasteiger partial charge >= 0.3 is 0 Å². The van der Waals surface area contributed by atoms with E-state index in [1.807, 2.05) is 0 Å². The van der Waals surface area contributed by atoms with Crippen LogP contribution in [0, 0.1) is 13.8 Å². The van der Waals surface area contributed by atoms with Gasteiger partial charge in [-0.1, -0.05) is 24.3 Å². The van der Waals surface area contributed by atoms with E-state index in [0.717, 1.165) is 24.3 Å². The first-order chi connectivity index (χ1) is 31.0. The molecule has 0 aliphatic heterocycles. The first kappa shape index (κ1) is 47.0. The molecule has 0 spiro atoms. The largest absolute Gasteiger partial charge is 0.394 e. The SMILES string of the molecule is Cc1cc(Nc2nc(=NCCO)nc(Nc3ccc(N=Nc4cc(S(=O)(=O)O)c5cccc(S(=O)(=O)O)c5c4)c(C)c3)[nH]2)ccc1N=Nc1cc(S(=O)(=O)O)c2cccc(S(=O)(=O)O)c2c1. The van der Waals surface area contributed by atoms with Crippen LogP contribution in [0.15, 0.2) is 142 Å². The Morgan fingerprint density at radius 1 is 0.515 bits per heavy atom. The monoisotopic (exact) mass is 978 g/mol. The molecule has 0 amide bonds. The van der Waals surface area contributed by atoms with E-state index < -0.39 is 60.1 Å². The highest BCUT2D eigenvalue weighted by Crippen LogP contribution is 2.36. The zero-order valence-electron chi connectivity index (χ0n) is 33.9. The fourth-order valence-electron chi connectivity index (χ4n) is 6.53. The number of nitrogens with zero attached hydrogens (tertiary/aromatic N) is 7. The van der Waals surface area contributed by atoms with Crippen LogP contribution in [-0.4, -0.2) is 85.1 Å². The number of aryl methyl sites for hydroxylation is 2. The van der Waals surface area contributed by atoms with Gasteiger partial charge in [0.1, 0.15) is 19.6 Å². The van der Waals surface area contributed by atoms with Gasteiger partial charge in [-0.25, -0.2) is 4.99 Å². The summed E-state index contributed by atoms with van der Waals surface area (Å²) in [6.07, 6.45) is 0. The minimum Gasteiger partial charge on any atom is -0.394 e. The summed E-state index contributed by atoms with van der Waals surface area (Å²) in [5.41, 5.74) is 2.44. The van der Waals surface area contributed by atoms with Crippen molar-refractivity contribution < 1.29 is 57.0 Å². The second kappa shape index (κ2) is 18.1. The number of azo groups is 2. The number of rotatable bonds is 14. The maximum atomic E-state index is 12.2. The van der Waals surface area contributed by atoms with E-state index in [0.29, 0.717) is 33.9 Å². The Morgan fingerprint density at radius 2 is 0.924 bits per heavy atom. The third-order valence-corrected chi connectivity index (χ3v) is 13.0. The van der Waals surface area contributed by atoms with Gasteiger partial charge in [-0.2, -0.15) is 64.1 Å². The van der Waals surface area contributed by atoms with Gasteiger partial charge < -0.3 is 15.7 Å². The van der Waals surface area contributed by atoms with E-state index in [1.54, 1.807) is 50.2 Å². The van der Waals surface area contributed by atoms with Crippen molar-refractivity contribution in [1.29, 1.82) is 0 Å². The summed E-state index contributed by atoms with van der Waals surface area (Å²) < 4.78 is 136. The Balaban J connectivity index is 1.13. The number of hydrogen-bond donors (Lipinski definition) is 8. The zero-order chi connectivity index (χ0) is 47.8. The number of benzene rings is 6. The molecule has 0 aliphatic rings. The second-order valence-corrected chi connectivity index (χ2v) is 19.7. The predicted octanol–water partition coefficient (Wildman–Crippen LogP) is 6.93. The molecule has 0 aliphatic carbocycles. The summed E-state index contributed by atoms with van der Waals surface area (Å²) in [5, 5.41) is 31.4. The number of hydrogen-bond acceptors (Lipinski definition) is 18. The van der Waals surface area contributed by atoms with Crippen molar-refractivity contribution in [2.45, 2.75) is 33.4 Å². The Kier molecular flexibility index (Phi) is 12.9. The number of fused-ring (bicyclic) bond motifs is 2. The van der Waals surface area contributed by atoms with E-state index >= 15 is 0 Å². The first-order valence-corrected chi connectivity index (χ1v) is 24.5. The summed E-state index contributed by atoms with van der Waals surface area (Å²) in [5.74, 6) is 0.306. The predicted molar refractivity (Wildman–Crippen MR) is 238 cm³/mol. The smallest absolute Gasteiger partial charge is 0.295 e. The lowest BCUT2D eigenvalue weighted by molar-refractivity contribution is 0.305. The molecule has 27 heteroatoms. The van der Waals surface area contributed by atoms with Crippen LogP contribution in [0.2, 0.25) is 0 Å². The first-order valence-electron chi connectivity index (χ1n) is 18.7. The zero-order valence-corrected chi connectivity index (χ0v) is 37.2. The molecule has 0 saturated carbocycles. The molecule has 8 N–H and O–H groups in total. The molecule has 7 rings (SSSR count). The normalized spacial score (nSPS) is 12.7. The van der Waals surface area contributed by atoms with Gasteiger partial charge in [0.25, 0.3) is 46.1 Å². The molecule has 66 heavy (non-hydrogen) atoms. The van der Waals surface area contributed by atoms with Crippen LogP contribution in [-0.2, 0) is 40.5 Å². The van der Waals surface area contributed by atoms with Gasteiger partial charge in [-0.15, -0.1) is 0 Å². The van der Waals surface area contributed by atoms with Crippen molar-refractivity contribution in [2.24, 2.45) is 25.4 Å². The summed E-state index contributed by atoms with van der Waals surface area (Å²) in [7, 11) is -19.3. The average Bonchev–Trinajstić information content (AvgIpc) is 3.22. The highest BCUT2D eigenvalue weighted by atomic mass is 32.2. The molecule has 0 bridgehead atoms. The van der Waals surface area contributed by atoms with Gasteiger partial charge in [0.2, 0.25) is 11.9 Å². The van der Waals surface area contributed by atoms with Crippen LogP contribution in [0.4, 0.5) is 46.0 Å². The molecule has 0 saturated heterocycles. The minimum absolute atomic E-state index is 0.00862. The van der Waals surface area contributed by atoms with Gasteiger partial charge in [-0.05, 0) is 97.8 Å². The van der Waals surface area contributed by atoms with Gasteiger partial charge in [0.15, 0.2) is 0 Å². The minimum atomic E-state index is -4.87. The lowest BCUT2D eigenvalue weighted by atomic mass is 10.1. The van der Waals surface area contributed by atoms with Crippen molar-refractivity contribution in [3.05, 3.63) is 114 Å². The van der Waals surface area contributed by atoms with E-state index in [-0.39, 0.29) is 63.6 Å². The number of aliphatic hydroxyl groups is 1. The van der Waals surface area contributed by atoms with E-state index in [2.05, 4.69) is 51.0 Å². The third kappa shape index (κ3) is 10.8. The van der Waals surface area contributed by atoms with E-state index in [4.69, 9.17) is 0 Å². The third-order valence-electron chi connectivity index (χ3n) is 9.40. The molecule has 0 fully saturated rings. The van der Waals surface area contributed by atoms with Crippen LogP contribution in [0.5, 0.6) is 0 Å². The molecule has 1 aromatic heterocycles. The molecule has 342 valence electrons. The molecule has 6 aromatic carbocycles. The van der Waals surface area contributed by atoms with Crippen molar-refractivity contribution in [2.75, 3.05) is 23.8 Å². The Bertz CT molecular complexity index is 3480. The molecule has 1 heterocycles. The number of H-pyrrole nitrogens is 1. The van der Waals surface area contributed by atoms with Crippen molar-refractivity contribution in [3.8, 4) is 0 Å². The van der Waals surface area contributed by atoms with E-state index in [9.17, 15) is 57.0 Å². The molecule has 0 radical (unpaired) electrons. The van der Waals surface area contributed by atoms with Gasteiger partial charge in [0.05, 0.1) is 35.9 Å². The average molecular weight is 979 g/mol. The number of aromatic nitrogens is 3. The van der Waals surface area contributed by atoms with E-state index in [1.165, 1.54) is 36.4 Å². The number of nitrogens with one attached hydrogen (secondary N) is 3. The Morgan fingerprint density at radius 3 is 1.29 bits per heavy atom. The maximum Gasteiger partial charge on any atom is 0.295 e.